The van der Waals surface area contributed by atoms with Crippen LogP contribution in [0, 0.1) is 0 Å². The van der Waals surface area contributed by atoms with E-state index in [-0.39, 0.29) is 5.91 Å². The summed E-state index contributed by atoms with van der Waals surface area (Å²) in [5, 5.41) is 0. The molecule has 4 nitrogen and oxygen atoms in total. The normalized spacial score (nSPS) is 10.4. The Hall–Kier alpha value is -1.71. The van der Waals surface area contributed by atoms with E-state index in [0.29, 0.717) is 24.5 Å². The number of rotatable bonds is 6. The second-order valence-electron chi connectivity index (χ2n) is 4.63. The zero-order valence-corrected chi connectivity index (χ0v) is 11.6. The van der Waals surface area contributed by atoms with Gasteiger partial charge in [0.1, 0.15) is 5.69 Å². The minimum atomic E-state index is 0.0191. The fourth-order valence-corrected chi connectivity index (χ4v) is 1.95. The van der Waals surface area contributed by atoms with E-state index in [1.807, 2.05) is 24.6 Å². The maximum Gasteiger partial charge on any atom is 0.270 e. The summed E-state index contributed by atoms with van der Waals surface area (Å²) in [6, 6.07) is 1.75. The lowest BCUT2D eigenvalue weighted by molar-refractivity contribution is 0.0767. The number of nitrogen functional groups attached to an aromatic ring is 1. The fraction of sp³-hybridized carbons (Fsp3) is 0.500. The molecule has 0 aliphatic heterocycles. The molecule has 0 spiro atoms. The third kappa shape index (κ3) is 3.39. The van der Waals surface area contributed by atoms with E-state index >= 15 is 0 Å². The quantitative estimate of drug-likeness (QED) is 0.788. The van der Waals surface area contributed by atoms with Crippen molar-refractivity contribution in [3.8, 4) is 0 Å². The van der Waals surface area contributed by atoms with Crippen LogP contribution in [0.25, 0.3) is 0 Å². The molecule has 1 heterocycles. The molecule has 1 amide bonds. The van der Waals surface area contributed by atoms with Crippen LogP contribution in [-0.2, 0) is 6.54 Å². The van der Waals surface area contributed by atoms with Crippen molar-refractivity contribution < 1.29 is 4.79 Å². The van der Waals surface area contributed by atoms with Crippen molar-refractivity contribution in [3.05, 3.63) is 30.1 Å². The van der Waals surface area contributed by atoms with Crippen LogP contribution in [0.1, 0.15) is 37.7 Å². The van der Waals surface area contributed by atoms with Crippen LogP contribution in [0.2, 0.25) is 0 Å². The molecule has 0 saturated heterocycles. The van der Waals surface area contributed by atoms with Gasteiger partial charge in [0.05, 0.1) is 5.69 Å². The average molecular weight is 249 g/mol. The molecule has 1 aromatic heterocycles. The third-order valence-corrected chi connectivity index (χ3v) is 2.73. The molecule has 0 fully saturated rings. The lowest BCUT2D eigenvalue weighted by Crippen LogP contribution is -2.33. The summed E-state index contributed by atoms with van der Waals surface area (Å²) >= 11 is 0. The number of hydrogen-bond acceptors (Lipinski definition) is 2. The highest BCUT2D eigenvalue weighted by molar-refractivity contribution is 5.94. The summed E-state index contributed by atoms with van der Waals surface area (Å²) in [7, 11) is 0. The number of aromatic nitrogens is 1. The molecule has 0 radical (unpaired) electrons. The fourth-order valence-electron chi connectivity index (χ4n) is 1.95. The minimum absolute atomic E-state index is 0.0191. The first kappa shape index (κ1) is 14.4. The first-order valence-corrected chi connectivity index (χ1v) is 6.38. The van der Waals surface area contributed by atoms with Gasteiger partial charge < -0.3 is 15.2 Å². The van der Waals surface area contributed by atoms with Gasteiger partial charge in [-0.1, -0.05) is 19.1 Å². The van der Waals surface area contributed by atoms with Crippen LogP contribution in [0.3, 0.4) is 0 Å². The third-order valence-electron chi connectivity index (χ3n) is 2.73. The van der Waals surface area contributed by atoms with Gasteiger partial charge in [0.15, 0.2) is 0 Å². The van der Waals surface area contributed by atoms with E-state index in [1.54, 1.807) is 11.0 Å². The lowest BCUT2D eigenvalue weighted by Gasteiger charge is -2.21. The largest absolute Gasteiger partial charge is 0.397 e. The molecule has 18 heavy (non-hydrogen) atoms. The smallest absolute Gasteiger partial charge is 0.270 e. The summed E-state index contributed by atoms with van der Waals surface area (Å²) in [5.41, 5.74) is 8.06. The predicted molar refractivity (Wildman–Crippen MR) is 75.5 cm³/mol. The standard InChI is InChI=1S/C14H23N3O/c1-5-7-17-10-12(15)8-13(17)14(18)16(6-2)9-11(3)4/h8,10H,3,5-7,9,15H2,1-2,4H3. The number of amides is 1. The molecule has 0 aromatic carbocycles. The number of anilines is 1. The van der Waals surface area contributed by atoms with E-state index in [1.165, 1.54) is 0 Å². The molecule has 0 atom stereocenters. The highest BCUT2D eigenvalue weighted by atomic mass is 16.2. The van der Waals surface area contributed by atoms with Crippen molar-refractivity contribution >= 4 is 11.6 Å². The van der Waals surface area contributed by atoms with Crippen LogP contribution in [0.5, 0.6) is 0 Å². The van der Waals surface area contributed by atoms with Crippen molar-refractivity contribution in [3.63, 3.8) is 0 Å². The Balaban J connectivity index is 2.96. The molecular weight excluding hydrogens is 226 g/mol. The number of hydrogen-bond donors (Lipinski definition) is 1. The Morgan fingerprint density at radius 3 is 2.67 bits per heavy atom. The predicted octanol–water partition coefficient (Wildman–Crippen LogP) is 2.52. The molecule has 0 aliphatic carbocycles. The van der Waals surface area contributed by atoms with Crippen molar-refractivity contribution in [1.29, 1.82) is 0 Å². The number of carbonyl (C=O) groups excluding carboxylic acids is 1. The Kier molecular flexibility index (Phi) is 5.01. The molecule has 0 unspecified atom stereocenters. The molecule has 4 heteroatoms. The summed E-state index contributed by atoms with van der Waals surface area (Å²) in [4.78, 5) is 14.2. The van der Waals surface area contributed by atoms with Crippen LogP contribution in [0.4, 0.5) is 5.69 Å². The molecular formula is C14H23N3O. The molecule has 1 rings (SSSR count). The van der Waals surface area contributed by atoms with Crippen LogP contribution < -0.4 is 5.73 Å². The van der Waals surface area contributed by atoms with E-state index in [0.717, 1.165) is 18.5 Å². The van der Waals surface area contributed by atoms with Gasteiger partial charge in [-0.05, 0) is 26.3 Å². The van der Waals surface area contributed by atoms with Gasteiger partial charge in [-0.2, -0.15) is 0 Å². The average Bonchev–Trinajstić information content (AvgIpc) is 2.66. The summed E-state index contributed by atoms with van der Waals surface area (Å²) in [6.07, 6.45) is 2.80. The Bertz CT molecular complexity index is 434. The van der Waals surface area contributed by atoms with Gasteiger partial charge in [0.25, 0.3) is 5.91 Å². The van der Waals surface area contributed by atoms with Crippen molar-refractivity contribution in [1.82, 2.24) is 9.47 Å². The van der Waals surface area contributed by atoms with Gasteiger partial charge in [0.2, 0.25) is 0 Å². The van der Waals surface area contributed by atoms with E-state index < -0.39 is 0 Å². The zero-order chi connectivity index (χ0) is 13.7. The van der Waals surface area contributed by atoms with Crippen molar-refractivity contribution in [2.24, 2.45) is 0 Å². The molecule has 0 saturated carbocycles. The summed E-state index contributed by atoms with van der Waals surface area (Å²) < 4.78 is 1.93. The second-order valence-corrected chi connectivity index (χ2v) is 4.63. The number of carbonyl (C=O) groups is 1. The maximum absolute atomic E-state index is 12.4. The SMILES string of the molecule is C=C(C)CN(CC)C(=O)c1cc(N)cn1CCC. The second kappa shape index (κ2) is 6.28. The Morgan fingerprint density at radius 2 is 2.17 bits per heavy atom. The van der Waals surface area contributed by atoms with Gasteiger partial charge in [0, 0.05) is 25.8 Å². The Labute approximate surface area is 109 Å². The minimum Gasteiger partial charge on any atom is -0.397 e. The highest BCUT2D eigenvalue weighted by Gasteiger charge is 2.18. The number of aryl methyl sites for hydroxylation is 1. The Morgan fingerprint density at radius 1 is 1.50 bits per heavy atom. The van der Waals surface area contributed by atoms with Crippen LogP contribution in [-0.4, -0.2) is 28.5 Å². The van der Waals surface area contributed by atoms with E-state index in [2.05, 4.69) is 13.5 Å². The lowest BCUT2D eigenvalue weighted by atomic mass is 10.2. The van der Waals surface area contributed by atoms with E-state index in [4.69, 9.17) is 5.73 Å². The molecule has 100 valence electrons. The van der Waals surface area contributed by atoms with Crippen LogP contribution in [0.15, 0.2) is 24.4 Å². The molecule has 2 N–H and O–H groups in total. The van der Waals surface area contributed by atoms with Gasteiger partial charge in [-0.3, -0.25) is 4.79 Å². The topological polar surface area (TPSA) is 51.3 Å². The van der Waals surface area contributed by atoms with Gasteiger partial charge in [-0.25, -0.2) is 0 Å². The monoisotopic (exact) mass is 249 g/mol. The molecule has 0 bridgehead atoms. The summed E-state index contributed by atoms with van der Waals surface area (Å²) in [5.74, 6) is 0.0191. The molecule has 1 aromatic rings. The maximum atomic E-state index is 12.4. The van der Waals surface area contributed by atoms with E-state index in [9.17, 15) is 4.79 Å². The van der Waals surface area contributed by atoms with Crippen molar-refractivity contribution in [2.45, 2.75) is 33.7 Å². The highest BCUT2D eigenvalue weighted by Crippen LogP contribution is 2.14. The number of likely N-dealkylation sites (N-methyl/N-ethyl adjacent to an activating group) is 1. The van der Waals surface area contributed by atoms with Gasteiger partial charge >= 0.3 is 0 Å². The number of nitrogens with zero attached hydrogens (tertiary/aromatic N) is 2. The zero-order valence-electron chi connectivity index (χ0n) is 11.6. The van der Waals surface area contributed by atoms with Gasteiger partial charge in [-0.15, -0.1) is 0 Å². The molecule has 0 aliphatic rings. The first-order chi connectivity index (χ1) is 8.49. The first-order valence-electron chi connectivity index (χ1n) is 6.38. The number of nitrogens with two attached hydrogens (primary N) is 1. The summed E-state index contributed by atoms with van der Waals surface area (Å²) in [6.45, 7) is 11.9. The van der Waals surface area contributed by atoms with Crippen molar-refractivity contribution in [2.75, 3.05) is 18.8 Å². The van der Waals surface area contributed by atoms with Crippen LogP contribution >= 0.6 is 0 Å².